The second-order valence-electron chi connectivity index (χ2n) is 20.6. The molecule has 0 saturated carbocycles. The van der Waals surface area contributed by atoms with Crippen LogP contribution in [-0.2, 0) is 53.0 Å². The van der Waals surface area contributed by atoms with E-state index in [0.29, 0.717) is 0 Å². The number of allylic oxidation sites excluding steroid dienone is 2. The van der Waals surface area contributed by atoms with Crippen LogP contribution in [0.1, 0.15) is 305 Å². The van der Waals surface area contributed by atoms with Crippen molar-refractivity contribution in [1.82, 2.24) is 0 Å². The Balaban J connectivity index is 0.00000499. The van der Waals surface area contributed by atoms with E-state index < -0.39 is 0 Å². The van der Waals surface area contributed by atoms with Crippen molar-refractivity contribution in [2.45, 2.75) is 311 Å². The van der Waals surface area contributed by atoms with E-state index in [-0.39, 0.29) is 0 Å². The van der Waals surface area contributed by atoms with Gasteiger partial charge in [0.25, 0.3) is 0 Å². The van der Waals surface area contributed by atoms with E-state index >= 15 is 0 Å². The molecular formula is C64H110N2Ni. The van der Waals surface area contributed by atoms with Gasteiger partial charge < -0.3 is 5.53 Å². The summed E-state index contributed by atoms with van der Waals surface area (Å²) in [5.41, 5.74) is 30.6. The van der Waals surface area contributed by atoms with E-state index in [1.807, 2.05) is 0 Å². The Morgan fingerprint density at radius 3 is 0.791 bits per heavy atom. The van der Waals surface area contributed by atoms with Crippen LogP contribution in [0.2, 0.25) is 11.8 Å². The van der Waals surface area contributed by atoms with Gasteiger partial charge in [0, 0.05) is 22.3 Å². The molecule has 1 heterocycles. The van der Waals surface area contributed by atoms with Gasteiger partial charge in [-0.05, 0) is 160 Å². The molecule has 67 heavy (non-hydrogen) atoms. The van der Waals surface area contributed by atoms with Crippen molar-refractivity contribution in [2.75, 3.05) is 0 Å². The quantitative estimate of drug-likeness (QED) is 0.0361. The molecule has 1 aliphatic heterocycles. The predicted molar refractivity (Wildman–Crippen MR) is 297 cm³/mol. The standard InChI is InChI=1S/C62H104N2.2CH3.Ni/c1-9-17-25-32-39-51-47-55(48-52(40-33-26-18-10-2)57(51)44-36-29-21-13-5)61-59(43-24-16-8)60(46-38-31-23-15-7)62(64(61)63)56-49-53(41-34-27-19-11-3)58(45-37-30-22-14-6)54(50-56)42-35-28-20-12-4;;;/h47-50H,9-46H2,1-8H3;2*1H3;. The molecule has 0 unspecified atom stereocenters. The molecule has 0 fully saturated rings. The third-order valence-electron chi connectivity index (χ3n) is 14.6. The number of rotatable bonds is 40. The molecule has 0 aromatic heterocycles. The van der Waals surface area contributed by atoms with Gasteiger partial charge in [0.15, 0.2) is 0 Å². The Hall–Kier alpha value is -1.99. The maximum absolute atomic E-state index is 13.2. The molecule has 3 rings (SSSR count). The summed E-state index contributed by atoms with van der Waals surface area (Å²) < 4.78 is 1.77. The maximum atomic E-state index is 13.2. The van der Waals surface area contributed by atoms with Crippen LogP contribution >= 0.6 is 0 Å². The van der Waals surface area contributed by atoms with Crippen LogP contribution < -0.4 is 0 Å². The molecule has 0 saturated heterocycles. The van der Waals surface area contributed by atoms with E-state index in [9.17, 15) is 5.53 Å². The molecule has 0 amide bonds. The Bertz CT molecular complexity index is 1590. The van der Waals surface area contributed by atoms with Crippen LogP contribution in [0, 0.1) is 0 Å². The molecule has 1 aliphatic rings. The molecule has 0 aliphatic carbocycles. The first-order valence-electron chi connectivity index (χ1n) is 29.3. The van der Waals surface area contributed by atoms with Gasteiger partial charge in [-0.25, -0.2) is 4.70 Å². The molecule has 0 atom stereocenters. The van der Waals surface area contributed by atoms with Gasteiger partial charge in [-0.15, -0.1) is 0 Å². The van der Waals surface area contributed by atoms with Crippen molar-refractivity contribution < 1.29 is 19.1 Å². The molecule has 2 aromatic carbocycles. The van der Waals surface area contributed by atoms with Crippen LogP contribution in [0.25, 0.3) is 16.9 Å². The van der Waals surface area contributed by atoms with Crippen LogP contribution in [0.5, 0.6) is 0 Å². The van der Waals surface area contributed by atoms with Crippen LogP contribution in [0.4, 0.5) is 0 Å². The zero-order valence-electron chi connectivity index (χ0n) is 46.4. The minimum absolute atomic E-state index is 1.04. The Labute approximate surface area is 424 Å². The van der Waals surface area contributed by atoms with Crippen molar-refractivity contribution in [3.63, 3.8) is 0 Å². The molecule has 0 N–H and O–H groups in total. The van der Waals surface area contributed by atoms with Crippen molar-refractivity contribution in [1.29, 1.82) is 0 Å². The number of aryl methyl sites for hydroxylation is 4. The number of nitrogens with zero attached hydrogens (tertiary/aromatic N) is 2. The van der Waals surface area contributed by atoms with Crippen LogP contribution in [0.15, 0.2) is 35.4 Å². The SMILES string of the molecule is CCCCCCC1=C(c2cc(CCCCCC)c(CCCCCC)c(CCCCCC)c2)[N+](=[N-])C(c2cc(CCCCCC)c(CCCCCC)c(CCCCCC)c2)=C1CCCC.[CH3][Ni][CH3]. The van der Waals surface area contributed by atoms with Gasteiger partial charge in [-0.1, -0.05) is 197 Å². The topological polar surface area (TPSA) is 25.3 Å². The zero-order chi connectivity index (χ0) is 48.9. The number of hydrogen-bond donors (Lipinski definition) is 0. The van der Waals surface area contributed by atoms with Gasteiger partial charge in [0.05, 0.1) is 0 Å². The first-order valence-corrected chi connectivity index (χ1v) is 31.3. The van der Waals surface area contributed by atoms with Gasteiger partial charge in [-0.3, -0.25) is 0 Å². The van der Waals surface area contributed by atoms with E-state index in [1.54, 1.807) is 52.5 Å². The van der Waals surface area contributed by atoms with Crippen molar-refractivity contribution in [2.24, 2.45) is 0 Å². The Morgan fingerprint density at radius 2 is 0.537 bits per heavy atom. The Morgan fingerprint density at radius 1 is 0.313 bits per heavy atom. The molecule has 0 spiro atoms. The molecule has 0 radical (unpaired) electrons. The summed E-state index contributed by atoms with van der Waals surface area (Å²) in [4.78, 5) is 0. The minimum atomic E-state index is 1.04. The summed E-state index contributed by atoms with van der Waals surface area (Å²) >= 11 is 1.62. The fourth-order valence-electron chi connectivity index (χ4n) is 10.7. The molecular weight excluding hydrogens is 855 g/mol. The summed E-state index contributed by atoms with van der Waals surface area (Å²) in [6.07, 6.45) is 47.6. The second-order valence-corrected chi connectivity index (χ2v) is 21.6. The van der Waals surface area contributed by atoms with E-state index in [4.69, 9.17) is 0 Å². The van der Waals surface area contributed by atoms with Gasteiger partial charge in [0.2, 0.25) is 11.4 Å². The summed E-state index contributed by atoms with van der Waals surface area (Å²) in [7, 11) is 0. The van der Waals surface area contributed by atoms with Crippen molar-refractivity contribution in [3.8, 4) is 0 Å². The van der Waals surface area contributed by atoms with Crippen molar-refractivity contribution in [3.05, 3.63) is 85.5 Å². The third kappa shape index (κ3) is 22.8. The summed E-state index contributed by atoms with van der Waals surface area (Å²) in [5, 5.41) is 0. The van der Waals surface area contributed by atoms with Gasteiger partial charge in [0.1, 0.15) is 0 Å². The van der Waals surface area contributed by atoms with E-state index in [0.717, 1.165) is 56.3 Å². The normalized spacial score (nSPS) is 12.8. The second kappa shape index (κ2) is 39.7. The average molecular weight is 966 g/mol. The third-order valence-corrected chi connectivity index (χ3v) is 14.6. The zero-order valence-corrected chi connectivity index (χ0v) is 47.4. The van der Waals surface area contributed by atoms with E-state index in [2.05, 4.69) is 91.4 Å². The number of hydrogen-bond acceptors (Lipinski definition) is 0. The summed E-state index contributed by atoms with van der Waals surface area (Å²) in [6.45, 7) is 18.7. The van der Waals surface area contributed by atoms with Crippen LogP contribution in [0.3, 0.4) is 0 Å². The number of benzene rings is 2. The summed E-state index contributed by atoms with van der Waals surface area (Å²) in [6, 6.07) is 10.4. The molecule has 3 heteroatoms. The Kier molecular flexibility index (Phi) is 36.2. The molecule has 2 nitrogen and oxygen atoms in total. The number of unbranched alkanes of at least 4 members (excludes halogenated alkanes) is 22. The van der Waals surface area contributed by atoms with Gasteiger partial charge in [-0.2, -0.15) is 0 Å². The van der Waals surface area contributed by atoms with Crippen molar-refractivity contribution >= 4 is 11.4 Å². The molecule has 2 aromatic rings. The average Bonchev–Trinajstić information content (AvgIpc) is 3.61. The summed E-state index contributed by atoms with van der Waals surface area (Å²) in [5.74, 6) is 4.12. The monoisotopic (exact) mass is 965 g/mol. The molecule has 386 valence electrons. The fourth-order valence-corrected chi connectivity index (χ4v) is 10.7. The first kappa shape index (κ1) is 61.1. The first-order chi connectivity index (χ1) is 32.8. The van der Waals surface area contributed by atoms with E-state index in [1.165, 1.54) is 221 Å². The molecule has 0 bridgehead atoms. The fraction of sp³-hybridized carbons (Fsp3) is 0.750. The van der Waals surface area contributed by atoms with Crippen LogP contribution in [-0.4, -0.2) is 4.70 Å². The predicted octanol–water partition coefficient (Wildman–Crippen LogP) is 21.9. The van der Waals surface area contributed by atoms with Gasteiger partial charge >= 0.3 is 26.2 Å².